The summed E-state index contributed by atoms with van der Waals surface area (Å²) in [5, 5.41) is 10.0. The van der Waals surface area contributed by atoms with E-state index in [2.05, 4.69) is 9.97 Å². The largest absolute Gasteiger partial charge is 0.481 e. The van der Waals surface area contributed by atoms with E-state index >= 15 is 0 Å². The van der Waals surface area contributed by atoms with Crippen molar-refractivity contribution in [2.75, 3.05) is 18.0 Å². The summed E-state index contributed by atoms with van der Waals surface area (Å²) in [6.07, 6.45) is 2.10. The minimum absolute atomic E-state index is 0.344. The first-order valence-electron chi connectivity index (χ1n) is 6.80. The molecule has 1 aromatic carbocycles. The van der Waals surface area contributed by atoms with Gasteiger partial charge in [-0.05, 0) is 18.6 Å². The number of carboxylic acid groups (broad SMARTS) is 1. The zero-order valence-electron chi connectivity index (χ0n) is 11.5. The lowest BCUT2D eigenvalue weighted by Gasteiger charge is -2.17. The Morgan fingerprint density at radius 1 is 1.23 bits per heavy atom. The minimum atomic E-state index is -0.763. The molecule has 5 nitrogen and oxygen atoms in total. The number of rotatable bonds is 3. The van der Waals surface area contributed by atoms with Gasteiger partial charge in [-0.25, -0.2) is 9.97 Å². The van der Waals surface area contributed by atoms with Crippen LogP contribution in [0.5, 0.6) is 0 Å². The molecule has 0 radical (unpaired) electrons. The van der Waals surface area contributed by atoms with Crippen LogP contribution in [0, 0.1) is 5.92 Å². The van der Waals surface area contributed by atoms with Gasteiger partial charge in [-0.3, -0.25) is 4.79 Å². The van der Waals surface area contributed by atoms with Crippen LogP contribution in [0.2, 0.25) is 10.0 Å². The summed E-state index contributed by atoms with van der Waals surface area (Å²) in [5.41, 5.74) is 1.56. The zero-order valence-corrected chi connectivity index (χ0v) is 13.1. The number of hydrogen-bond donors (Lipinski definition) is 1. The Labute approximate surface area is 137 Å². The lowest BCUT2D eigenvalue weighted by Crippen LogP contribution is -2.23. The summed E-state index contributed by atoms with van der Waals surface area (Å²) in [5.74, 6) is -0.385. The third-order valence-corrected chi connectivity index (χ3v) is 4.47. The molecule has 0 bridgehead atoms. The normalized spacial score (nSPS) is 17.7. The molecular weight excluding hydrogens is 325 g/mol. The molecule has 0 aliphatic carbocycles. The fourth-order valence-corrected chi connectivity index (χ4v) is 2.80. The van der Waals surface area contributed by atoms with E-state index < -0.39 is 5.97 Å². The predicted molar refractivity (Wildman–Crippen MR) is 85.4 cm³/mol. The van der Waals surface area contributed by atoms with Crippen molar-refractivity contribution in [2.45, 2.75) is 6.42 Å². The van der Waals surface area contributed by atoms with Crippen LogP contribution in [0.3, 0.4) is 0 Å². The molecule has 1 aliphatic rings. The summed E-state index contributed by atoms with van der Waals surface area (Å²) in [6.45, 7) is 1.14. The topological polar surface area (TPSA) is 66.3 Å². The Kier molecular flexibility index (Phi) is 4.18. The van der Waals surface area contributed by atoms with Gasteiger partial charge in [0, 0.05) is 24.7 Å². The summed E-state index contributed by atoms with van der Waals surface area (Å²) in [7, 11) is 0. The van der Waals surface area contributed by atoms with E-state index in [1.165, 1.54) is 6.33 Å². The number of aromatic nitrogens is 2. The number of nitrogens with zero attached hydrogens (tertiary/aromatic N) is 3. The Morgan fingerprint density at radius 2 is 2.05 bits per heavy atom. The SMILES string of the molecule is O=C(O)C1CCN(c2cc(-c3ccc(Cl)c(Cl)c3)ncn2)C1. The van der Waals surface area contributed by atoms with Crippen molar-refractivity contribution in [2.24, 2.45) is 5.92 Å². The molecule has 1 aromatic heterocycles. The van der Waals surface area contributed by atoms with E-state index in [9.17, 15) is 4.79 Å². The number of benzene rings is 1. The molecule has 1 unspecified atom stereocenters. The molecule has 114 valence electrons. The van der Waals surface area contributed by atoms with Crippen LogP contribution in [0.4, 0.5) is 5.82 Å². The van der Waals surface area contributed by atoms with Gasteiger partial charge in [0.25, 0.3) is 0 Å². The van der Waals surface area contributed by atoms with Gasteiger partial charge in [-0.15, -0.1) is 0 Å². The standard InChI is InChI=1S/C15H13Cl2N3O2/c16-11-2-1-9(5-12(11)17)13-6-14(19-8-18-13)20-4-3-10(7-20)15(21)22/h1-2,5-6,8,10H,3-4,7H2,(H,21,22). The van der Waals surface area contributed by atoms with Crippen LogP contribution in [0.1, 0.15) is 6.42 Å². The highest BCUT2D eigenvalue weighted by Gasteiger charge is 2.28. The average molecular weight is 338 g/mol. The van der Waals surface area contributed by atoms with Gasteiger partial charge < -0.3 is 10.0 Å². The van der Waals surface area contributed by atoms with Gasteiger partial charge in [-0.2, -0.15) is 0 Å². The van der Waals surface area contributed by atoms with Gasteiger partial charge in [0.2, 0.25) is 0 Å². The second kappa shape index (κ2) is 6.10. The molecule has 2 heterocycles. The molecular formula is C15H13Cl2N3O2. The van der Waals surface area contributed by atoms with Crippen LogP contribution in [-0.2, 0) is 4.79 Å². The highest BCUT2D eigenvalue weighted by atomic mass is 35.5. The second-order valence-corrected chi connectivity index (χ2v) is 5.97. The molecule has 1 fully saturated rings. The van der Waals surface area contributed by atoms with Gasteiger partial charge in [-0.1, -0.05) is 29.3 Å². The smallest absolute Gasteiger partial charge is 0.308 e. The summed E-state index contributed by atoms with van der Waals surface area (Å²) >= 11 is 12.0. The fourth-order valence-electron chi connectivity index (χ4n) is 2.50. The van der Waals surface area contributed by atoms with Crippen molar-refractivity contribution in [3.05, 3.63) is 40.6 Å². The van der Waals surface area contributed by atoms with Crippen LogP contribution < -0.4 is 4.90 Å². The van der Waals surface area contributed by atoms with Crippen molar-refractivity contribution in [3.8, 4) is 11.3 Å². The van der Waals surface area contributed by atoms with Crippen LogP contribution in [0.15, 0.2) is 30.6 Å². The van der Waals surface area contributed by atoms with E-state index in [0.29, 0.717) is 29.6 Å². The van der Waals surface area contributed by atoms with Gasteiger partial charge in [0.1, 0.15) is 12.1 Å². The highest BCUT2D eigenvalue weighted by molar-refractivity contribution is 6.42. The third kappa shape index (κ3) is 3.00. The van der Waals surface area contributed by atoms with Gasteiger partial charge in [0.15, 0.2) is 0 Å². The first-order valence-corrected chi connectivity index (χ1v) is 7.55. The molecule has 1 atom stereocenters. The van der Waals surface area contributed by atoms with Crippen LogP contribution >= 0.6 is 23.2 Å². The number of carbonyl (C=O) groups is 1. The molecule has 3 rings (SSSR count). The number of anilines is 1. The molecule has 0 amide bonds. The molecule has 1 N–H and O–H groups in total. The second-order valence-electron chi connectivity index (χ2n) is 5.16. The monoisotopic (exact) mass is 337 g/mol. The summed E-state index contributed by atoms with van der Waals surface area (Å²) in [4.78, 5) is 21.5. The number of aliphatic carboxylic acids is 1. The van der Waals surface area contributed by atoms with E-state index in [1.807, 2.05) is 17.0 Å². The van der Waals surface area contributed by atoms with Crippen molar-refractivity contribution >= 4 is 35.0 Å². The molecule has 1 saturated heterocycles. The quantitative estimate of drug-likeness (QED) is 0.930. The molecule has 7 heteroatoms. The Balaban J connectivity index is 1.87. The summed E-state index contributed by atoms with van der Waals surface area (Å²) < 4.78 is 0. The maximum atomic E-state index is 11.0. The Bertz CT molecular complexity index is 724. The van der Waals surface area contributed by atoms with Crippen molar-refractivity contribution < 1.29 is 9.90 Å². The number of hydrogen-bond acceptors (Lipinski definition) is 4. The summed E-state index contributed by atoms with van der Waals surface area (Å²) in [6, 6.07) is 7.14. The Morgan fingerprint density at radius 3 is 2.73 bits per heavy atom. The minimum Gasteiger partial charge on any atom is -0.481 e. The van der Waals surface area contributed by atoms with Gasteiger partial charge >= 0.3 is 5.97 Å². The van der Waals surface area contributed by atoms with Crippen LogP contribution in [-0.4, -0.2) is 34.1 Å². The zero-order chi connectivity index (χ0) is 15.7. The third-order valence-electron chi connectivity index (χ3n) is 3.73. The average Bonchev–Trinajstić information content (AvgIpc) is 3.00. The van der Waals surface area contributed by atoms with Crippen molar-refractivity contribution in [1.82, 2.24) is 9.97 Å². The molecule has 1 aliphatic heterocycles. The fraction of sp³-hybridized carbons (Fsp3) is 0.267. The number of halogens is 2. The first kappa shape index (κ1) is 15.1. The predicted octanol–water partition coefficient (Wildman–Crippen LogP) is 3.36. The Hall–Kier alpha value is -1.85. The first-order chi connectivity index (χ1) is 10.5. The van der Waals surface area contributed by atoms with Crippen molar-refractivity contribution in [3.63, 3.8) is 0 Å². The van der Waals surface area contributed by atoms with E-state index in [0.717, 1.165) is 17.1 Å². The van der Waals surface area contributed by atoms with E-state index in [4.69, 9.17) is 28.3 Å². The lowest BCUT2D eigenvalue weighted by atomic mass is 10.1. The molecule has 22 heavy (non-hydrogen) atoms. The van der Waals surface area contributed by atoms with Crippen molar-refractivity contribution in [1.29, 1.82) is 0 Å². The highest BCUT2D eigenvalue weighted by Crippen LogP contribution is 2.29. The lowest BCUT2D eigenvalue weighted by molar-refractivity contribution is -0.140. The van der Waals surface area contributed by atoms with E-state index in [-0.39, 0.29) is 5.92 Å². The maximum Gasteiger partial charge on any atom is 0.308 e. The van der Waals surface area contributed by atoms with Gasteiger partial charge in [0.05, 0.1) is 21.7 Å². The molecule has 0 spiro atoms. The number of carboxylic acids is 1. The molecule has 0 saturated carbocycles. The van der Waals surface area contributed by atoms with Crippen LogP contribution in [0.25, 0.3) is 11.3 Å². The molecule has 2 aromatic rings. The maximum absolute atomic E-state index is 11.0. The van der Waals surface area contributed by atoms with E-state index in [1.54, 1.807) is 12.1 Å².